The van der Waals surface area contributed by atoms with Gasteiger partial charge in [0.15, 0.2) is 10.9 Å². The molecule has 0 aliphatic carbocycles. The molecule has 0 saturated carbocycles. The summed E-state index contributed by atoms with van der Waals surface area (Å²) in [4.78, 5) is 16.6. The third kappa shape index (κ3) is 6.66. The van der Waals surface area contributed by atoms with Crippen molar-refractivity contribution < 1.29 is 9.21 Å². The van der Waals surface area contributed by atoms with Gasteiger partial charge in [0.05, 0.1) is 21.5 Å². The summed E-state index contributed by atoms with van der Waals surface area (Å²) in [5, 5.41) is 13.3. The molecule has 2 aromatic heterocycles. The van der Waals surface area contributed by atoms with Gasteiger partial charge in [0.1, 0.15) is 12.1 Å². The van der Waals surface area contributed by atoms with Crippen LogP contribution in [-0.4, -0.2) is 32.2 Å². The van der Waals surface area contributed by atoms with Crippen molar-refractivity contribution in [2.75, 3.05) is 6.54 Å². The number of benzene rings is 2. The third-order valence-electron chi connectivity index (χ3n) is 5.18. The molecule has 0 fully saturated rings. The molecule has 0 spiro atoms. The fourth-order valence-corrected chi connectivity index (χ4v) is 4.46. The van der Waals surface area contributed by atoms with Gasteiger partial charge < -0.3 is 9.73 Å². The minimum atomic E-state index is -0.241. The maximum absolute atomic E-state index is 12.3. The zero-order valence-corrected chi connectivity index (χ0v) is 21.7. The van der Waals surface area contributed by atoms with Crippen molar-refractivity contribution in [2.45, 2.75) is 37.6 Å². The number of carbonyl (C=O) groups is 1. The summed E-state index contributed by atoms with van der Waals surface area (Å²) in [7, 11) is 0. The molecule has 0 atom stereocenters. The van der Waals surface area contributed by atoms with Crippen molar-refractivity contribution in [3.8, 4) is 5.69 Å². The molecule has 0 bridgehead atoms. The van der Waals surface area contributed by atoms with Crippen LogP contribution in [0.15, 0.2) is 64.4 Å². The molecule has 1 N–H and O–H groups in total. The van der Waals surface area contributed by atoms with Crippen LogP contribution >= 0.6 is 35.0 Å². The maximum atomic E-state index is 12.3. The van der Waals surface area contributed by atoms with E-state index in [0.29, 0.717) is 45.7 Å². The van der Waals surface area contributed by atoms with Gasteiger partial charge in [-0.15, -0.1) is 10.2 Å². The van der Waals surface area contributed by atoms with E-state index in [1.54, 1.807) is 12.1 Å². The Labute approximate surface area is 218 Å². The average molecular weight is 530 g/mol. The topological polar surface area (TPSA) is 85.8 Å². The summed E-state index contributed by atoms with van der Waals surface area (Å²) in [6.07, 6.45) is 2.88. The van der Waals surface area contributed by atoms with Gasteiger partial charge in [-0.3, -0.25) is 9.36 Å². The van der Waals surface area contributed by atoms with E-state index in [1.807, 2.05) is 41.0 Å². The number of carbonyl (C=O) groups excluding carboxylic acids is 1. The number of nitrogens with one attached hydrogen (secondary N) is 1. The maximum Gasteiger partial charge on any atom is 0.273 e. The van der Waals surface area contributed by atoms with E-state index in [0.717, 1.165) is 23.5 Å². The first-order valence-electron chi connectivity index (χ1n) is 11.2. The van der Waals surface area contributed by atoms with Crippen LogP contribution in [0.4, 0.5) is 0 Å². The Morgan fingerprint density at radius 1 is 1.11 bits per heavy atom. The van der Waals surface area contributed by atoms with Crippen LogP contribution in [0.5, 0.6) is 0 Å². The Kier molecular flexibility index (Phi) is 8.49. The Morgan fingerprint density at radius 2 is 1.91 bits per heavy atom. The van der Waals surface area contributed by atoms with Crippen LogP contribution in [0.2, 0.25) is 10.0 Å². The second kappa shape index (κ2) is 11.7. The molecular formula is C25H25Cl2N5O2S. The first kappa shape index (κ1) is 25.3. The highest BCUT2D eigenvalue weighted by molar-refractivity contribution is 7.98. The highest BCUT2D eigenvalue weighted by Gasteiger charge is 2.18. The second-order valence-electron chi connectivity index (χ2n) is 8.35. The van der Waals surface area contributed by atoms with Crippen LogP contribution in [0.1, 0.15) is 48.0 Å². The molecule has 35 heavy (non-hydrogen) atoms. The van der Waals surface area contributed by atoms with Gasteiger partial charge >= 0.3 is 0 Å². The minimum absolute atomic E-state index is 0.241. The normalized spacial score (nSPS) is 11.2. The number of thioether (sulfide) groups is 1. The van der Waals surface area contributed by atoms with E-state index in [1.165, 1.54) is 18.0 Å². The van der Waals surface area contributed by atoms with E-state index in [9.17, 15) is 4.79 Å². The molecule has 4 aromatic rings. The Bertz CT molecular complexity index is 1290. The van der Waals surface area contributed by atoms with E-state index in [2.05, 4.69) is 34.3 Å². The van der Waals surface area contributed by atoms with Gasteiger partial charge in [0, 0.05) is 13.0 Å². The average Bonchev–Trinajstić information content (AvgIpc) is 3.47. The molecule has 0 saturated heterocycles. The predicted octanol–water partition coefficient (Wildman–Crippen LogP) is 6.22. The van der Waals surface area contributed by atoms with Gasteiger partial charge in [-0.1, -0.05) is 79.1 Å². The predicted molar refractivity (Wildman–Crippen MR) is 138 cm³/mol. The first-order valence-corrected chi connectivity index (χ1v) is 12.9. The van der Waals surface area contributed by atoms with Gasteiger partial charge in [-0.2, -0.15) is 0 Å². The molecule has 10 heteroatoms. The molecule has 0 aliphatic heterocycles. The van der Waals surface area contributed by atoms with Crippen LogP contribution in [0.3, 0.4) is 0 Å². The number of amides is 1. The summed E-state index contributed by atoms with van der Waals surface area (Å²) >= 11 is 13.8. The van der Waals surface area contributed by atoms with Gasteiger partial charge in [-0.05, 0) is 36.1 Å². The third-order valence-corrected chi connectivity index (χ3v) is 6.84. The molecular weight excluding hydrogens is 505 g/mol. The summed E-state index contributed by atoms with van der Waals surface area (Å²) in [6.45, 7) is 4.82. The summed E-state index contributed by atoms with van der Waals surface area (Å²) < 4.78 is 7.48. The Hall–Kier alpha value is -2.81. The lowest BCUT2D eigenvalue weighted by Gasteiger charge is -2.11. The van der Waals surface area contributed by atoms with Crippen LogP contribution in [0.25, 0.3) is 5.69 Å². The van der Waals surface area contributed by atoms with Gasteiger partial charge in [-0.25, -0.2) is 4.98 Å². The largest absolute Gasteiger partial charge is 0.447 e. The Balaban J connectivity index is 1.52. The number of nitrogens with zero attached hydrogens (tertiary/aromatic N) is 4. The van der Waals surface area contributed by atoms with E-state index < -0.39 is 0 Å². The summed E-state index contributed by atoms with van der Waals surface area (Å²) in [5.41, 5.74) is 2.18. The lowest BCUT2D eigenvalue weighted by Crippen LogP contribution is -2.25. The van der Waals surface area contributed by atoms with Crippen molar-refractivity contribution in [1.82, 2.24) is 25.1 Å². The minimum Gasteiger partial charge on any atom is -0.447 e. The second-order valence-corrected chi connectivity index (χ2v) is 10.1. The molecule has 0 radical (unpaired) electrons. The van der Waals surface area contributed by atoms with Crippen LogP contribution in [-0.2, 0) is 12.2 Å². The molecule has 4 rings (SSSR count). The number of halogens is 2. The van der Waals surface area contributed by atoms with E-state index >= 15 is 0 Å². The van der Waals surface area contributed by atoms with Crippen molar-refractivity contribution in [1.29, 1.82) is 0 Å². The van der Waals surface area contributed by atoms with E-state index in [4.69, 9.17) is 27.6 Å². The van der Waals surface area contributed by atoms with Gasteiger partial charge in [0.2, 0.25) is 5.89 Å². The van der Waals surface area contributed by atoms with Crippen molar-refractivity contribution in [3.63, 3.8) is 0 Å². The molecule has 7 nitrogen and oxygen atoms in total. The lowest BCUT2D eigenvalue weighted by atomic mass is 10.1. The summed E-state index contributed by atoms with van der Waals surface area (Å²) in [6, 6.07) is 15.5. The molecule has 1 amide bonds. The highest BCUT2D eigenvalue weighted by Crippen LogP contribution is 2.30. The number of aromatic nitrogens is 4. The number of hydrogen-bond acceptors (Lipinski definition) is 6. The first-order chi connectivity index (χ1) is 16.9. The molecule has 0 aliphatic rings. The fraction of sp³-hybridized carbons (Fsp3) is 0.280. The fourth-order valence-electron chi connectivity index (χ4n) is 3.34. The van der Waals surface area contributed by atoms with Crippen molar-refractivity contribution >= 4 is 40.9 Å². The standard InChI is InChI=1S/C25H25Cl2N5O2S/c1-16(2)10-11-28-24(33)21-14-34-23(29-21)15-35-25-31-30-22(12-17-6-4-3-5-7-17)32(25)18-8-9-19(26)20(27)13-18/h3-9,13-14,16H,10-12,15H2,1-2H3,(H,28,33). The monoisotopic (exact) mass is 529 g/mol. The molecule has 2 aromatic carbocycles. The van der Waals surface area contributed by atoms with E-state index in [-0.39, 0.29) is 11.6 Å². The zero-order valence-electron chi connectivity index (χ0n) is 19.4. The smallest absolute Gasteiger partial charge is 0.273 e. The Morgan fingerprint density at radius 3 is 2.66 bits per heavy atom. The lowest BCUT2D eigenvalue weighted by molar-refractivity contribution is 0.0947. The zero-order chi connectivity index (χ0) is 24.8. The molecule has 182 valence electrons. The van der Waals surface area contributed by atoms with Crippen molar-refractivity contribution in [2.24, 2.45) is 5.92 Å². The number of hydrogen-bond donors (Lipinski definition) is 1. The van der Waals surface area contributed by atoms with Gasteiger partial charge in [0.25, 0.3) is 5.91 Å². The quantitative estimate of drug-likeness (QED) is 0.245. The van der Waals surface area contributed by atoms with Crippen LogP contribution < -0.4 is 5.32 Å². The molecule has 0 unspecified atom stereocenters. The summed E-state index contributed by atoms with van der Waals surface area (Å²) in [5.74, 6) is 1.84. The SMILES string of the molecule is CC(C)CCNC(=O)c1coc(CSc2nnc(Cc3ccccc3)n2-c2ccc(Cl)c(Cl)c2)n1. The van der Waals surface area contributed by atoms with Crippen LogP contribution in [0, 0.1) is 5.92 Å². The number of oxazole rings is 1. The molecule has 2 heterocycles. The van der Waals surface area contributed by atoms with Crippen molar-refractivity contribution in [3.05, 3.63) is 87.8 Å². The highest BCUT2D eigenvalue weighted by atomic mass is 35.5. The number of rotatable bonds is 10.